The highest BCUT2D eigenvalue weighted by Crippen LogP contribution is 2.31. The minimum absolute atomic E-state index is 0.195. The van der Waals surface area contributed by atoms with Gasteiger partial charge in [0.1, 0.15) is 5.82 Å². The summed E-state index contributed by atoms with van der Waals surface area (Å²) in [6, 6.07) is 11.9. The van der Waals surface area contributed by atoms with Crippen LogP contribution in [0.4, 0.5) is 17.2 Å². The van der Waals surface area contributed by atoms with E-state index in [4.69, 9.17) is 0 Å². The number of carbonyl (C=O) groups excluding carboxylic acids is 1. The van der Waals surface area contributed by atoms with Gasteiger partial charge in [-0.15, -0.1) is 0 Å². The predicted molar refractivity (Wildman–Crippen MR) is 111 cm³/mol. The normalized spacial score (nSPS) is 13.4. The molecule has 3 heterocycles. The van der Waals surface area contributed by atoms with E-state index in [1.54, 1.807) is 12.4 Å². The van der Waals surface area contributed by atoms with Gasteiger partial charge in [-0.05, 0) is 55.7 Å². The zero-order valence-electron chi connectivity index (χ0n) is 16.1. The van der Waals surface area contributed by atoms with Crippen LogP contribution in [0.2, 0.25) is 0 Å². The molecule has 6 heteroatoms. The lowest BCUT2D eigenvalue weighted by Gasteiger charge is -2.28. The second-order valence-corrected chi connectivity index (χ2v) is 6.76. The summed E-state index contributed by atoms with van der Waals surface area (Å²) in [7, 11) is 0. The Morgan fingerprint density at radius 1 is 1.04 bits per heavy atom. The Morgan fingerprint density at radius 2 is 1.86 bits per heavy atom. The molecule has 142 valence electrons. The molecule has 0 aliphatic carbocycles. The molecule has 0 atom stereocenters. The highest BCUT2D eigenvalue weighted by Gasteiger charge is 2.22. The van der Waals surface area contributed by atoms with E-state index in [1.165, 1.54) is 5.56 Å². The molecule has 0 unspecified atom stereocenters. The first-order valence-corrected chi connectivity index (χ1v) is 9.66. The number of benzene rings is 1. The van der Waals surface area contributed by atoms with Crippen LogP contribution >= 0.6 is 0 Å². The molecule has 1 amide bonds. The third-order valence-electron chi connectivity index (χ3n) is 4.95. The van der Waals surface area contributed by atoms with E-state index in [0.29, 0.717) is 18.8 Å². The molecule has 0 bridgehead atoms. The highest BCUT2D eigenvalue weighted by molar-refractivity contribution is 5.96. The van der Waals surface area contributed by atoms with Crippen molar-refractivity contribution in [3.8, 4) is 11.4 Å². The summed E-state index contributed by atoms with van der Waals surface area (Å²) >= 11 is 0. The first-order chi connectivity index (χ1) is 13.7. The molecule has 1 N–H and O–H groups in total. The predicted octanol–water partition coefficient (Wildman–Crippen LogP) is 4.14. The number of fused-ring (bicyclic) bond motifs is 1. The molecule has 0 saturated heterocycles. The number of nitrogens with one attached hydrogen (secondary N) is 1. The highest BCUT2D eigenvalue weighted by atomic mass is 16.2. The summed E-state index contributed by atoms with van der Waals surface area (Å²) in [5.74, 6) is 1.64. The number of aryl methyl sites for hydroxylation is 2. The maximum atomic E-state index is 12.1. The first-order valence-electron chi connectivity index (χ1n) is 9.66. The molecule has 1 aromatic carbocycles. The summed E-state index contributed by atoms with van der Waals surface area (Å²) in [5.41, 5.74) is 5.08. The van der Waals surface area contributed by atoms with Gasteiger partial charge in [-0.3, -0.25) is 9.78 Å². The Kier molecular flexibility index (Phi) is 5.02. The third kappa shape index (κ3) is 3.58. The van der Waals surface area contributed by atoms with Gasteiger partial charge in [-0.2, -0.15) is 0 Å². The van der Waals surface area contributed by atoms with E-state index in [9.17, 15) is 4.79 Å². The van der Waals surface area contributed by atoms with Crippen LogP contribution in [-0.4, -0.2) is 27.4 Å². The summed E-state index contributed by atoms with van der Waals surface area (Å²) in [5, 5.41) is 3.41. The average molecular weight is 373 g/mol. The number of carbonyl (C=O) groups is 1. The summed E-state index contributed by atoms with van der Waals surface area (Å²) < 4.78 is 0. The van der Waals surface area contributed by atoms with Crippen molar-refractivity contribution in [3.05, 3.63) is 60.0 Å². The number of hydrogen-bond donors (Lipinski definition) is 1. The summed E-state index contributed by atoms with van der Waals surface area (Å²) in [6.45, 7) is 4.78. The molecule has 1 aliphatic heterocycles. The average Bonchev–Trinajstić information content (AvgIpc) is 2.74. The molecule has 0 saturated carbocycles. The van der Waals surface area contributed by atoms with E-state index in [0.717, 1.165) is 41.3 Å². The van der Waals surface area contributed by atoms with Crippen LogP contribution in [0.15, 0.2) is 48.8 Å². The van der Waals surface area contributed by atoms with Gasteiger partial charge < -0.3 is 10.2 Å². The molecule has 28 heavy (non-hydrogen) atoms. The van der Waals surface area contributed by atoms with Gasteiger partial charge in [0.15, 0.2) is 5.82 Å². The quantitative estimate of drug-likeness (QED) is 0.728. The van der Waals surface area contributed by atoms with E-state index in [2.05, 4.69) is 33.3 Å². The van der Waals surface area contributed by atoms with Crippen LogP contribution in [0.5, 0.6) is 0 Å². The van der Waals surface area contributed by atoms with Crippen molar-refractivity contribution in [2.75, 3.05) is 16.8 Å². The lowest BCUT2D eigenvalue weighted by molar-refractivity contribution is -0.118. The maximum Gasteiger partial charge on any atom is 0.227 e. The van der Waals surface area contributed by atoms with E-state index in [-0.39, 0.29) is 5.91 Å². The van der Waals surface area contributed by atoms with Gasteiger partial charge in [0.05, 0.1) is 0 Å². The number of amides is 1. The minimum Gasteiger partial charge on any atom is -0.340 e. The molecule has 0 spiro atoms. The number of hydrogen-bond acceptors (Lipinski definition) is 5. The van der Waals surface area contributed by atoms with E-state index >= 15 is 0 Å². The van der Waals surface area contributed by atoms with Crippen LogP contribution in [0.25, 0.3) is 11.4 Å². The van der Waals surface area contributed by atoms with Gasteiger partial charge in [-0.1, -0.05) is 6.92 Å². The Balaban J connectivity index is 1.65. The Hall–Kier alpha value is -3.28. The van der Waals surface area contributed by atoms with Crippen LogP contribution in [0.1, 0.15) is 31.5 Å². The molecular weight excluding hydrogens is 350 g/mol. The van der Waals surface area contributed by atoms with Crippen molar-refractivity contribution in [3.63, 3.8) is 0 Å². The Bertz CT molecular complexity index is 1000. The number of nitrogens with zero attached hydrogens (tertiary/aromatic N) is 4. The van der Waals surface area contributed by atoms with Gasteiger partial charge in [0.25, 0.3) is 0 Å². The molecule has 2 aromatic heterocycles. The number of aromatic nitrogens is 3. The second kappa shape index (κ2) is 7.76. The van der Waals surface area contributed by atoms with Crippen molar-refractivity contribution >= 4 is 23.1 Å². The molecule has 4 rings (SSSR count). The summed E-state index contributed by atoms with van der Waals surface area (Å²) in [4.78, 5) is 27.3. The molecular formula is C22H23N5O. The number of pyridine rings is 1. The Labute approximate surface area is 164 Å². The summed E-state index contributed by atoms with van der Waals surface area (Å²) in [6.07, 6.45) is 5.65. The van der Waals surface area contributed by atoms with E-state index in [1.807, 2.05) is 42.2 Å². The fraction of sp³-hybridized carbons (Fsp3) is 0.273. The third-order valence-corrected chi connectivity index (χ3v) is 4.95. The largest absolute Gasteiger partial charge is 0.340 e. The molecule has 1 aliphatic rings. The zero-order valence-corrected chi connectivity index (χ0v) is 16.1. The fourth-order valence-electron chi connectivity index (χ4n) is 3.51. The first kappa shape index (κ1) is 18.1. The maximum absolute atomic E-state index is 12.1. The van der Waals surface area contributed by atoms with Gasteiger partial charge in [-0.25, -0.2) is 9.97 Å². The number of rotatable bonds is 5. The SMILES string of the molecule is CCc1cc(Nc2ccc3c(c2)CCC(=O)N3CC)nc(-c2ccncc2)n1. The minimum atomic E-state index is 0.195. The monoisotopic (exact) mass is 373 g/mol. The zero-order chi connectivity index (χ0) is 19.5. The molecule has 0 radical (unpaired) electrons. The molecule has 0 fully saturated rings. The van der Waals surface area contributed by atoms with Crippen molar-refractivity contribution in [2.24, 2.45) is 0 Å². The topological polar surface area (TPSA) is 71.0 Å². The lowest BCUT2D eigenvalue weighted by Crippen LogP contribution is -2.34. The van der Waals surface area contributed by atoms with Crippen molar-refractivity contribution < 1.29 is 4.79 Å². The van der Waals surface area contributed by atoms with Gasteiger partial charge in [0.2, 0.25) is 5.91 Å². The van der Waals surface area contributed by atoms with Crippen LogP contribution in [0, 0.1) is 0 Å². The van der Waals surface area contributed by atoms with Gasteiger partial charge in [0, 0.05) is 54.1 Å². The van der Waals surface area contributed by atoms with Gasteiger partial charge >= 0.3 is 0 Å². The number of anilines is 3. The van der Waals surface area contributed by atoms with Crippen LogP contribution in [0.3, 0.4) is 0 Å². The standard InChI is InChI=1S/C22H23N5O/c1-3-17-14-20(26-22(25-17)15-9-11-23-12-10-15)24-18-6-7-19-16(13-18)5-8-21(28)27(19)4-2/h6-7,9-14H,3-5,8H2,1-2H3,(H,24,25,26). The molecule has 6 nitrogen and oxygen atoms in total. The second-order valence-electron chi connectivity index (χ2n) is 6.76. The van der Waals surface area contributed by atoms with Crippen LogP contribution < -0.4 is 10.2 Å². The molecule has 3 aromatic rings. The van der Waals surface area contributed by atoms with Crippen molar-refractivity contribution in [1.29, 1.82) is 0 Å². The lowest BCUT2D eigenvalue weighted by atomic mass is 10.0. The fourth-order valence-corrected chi connectivity index (χ4v) is 3.51. The van der Waals surface area contributed by atoms with E-state index < -0.39 is 0 Å². The van der Waals surface area contributed by atoms with Crippen molar-refractivity contribution in [1.82, 2.24) is 15.0 Å². The Morgan fingerprint density at radius 3 is 2.61 bits per heavy atom. The smallest absolute Gasteiger partial charge is 0.227 e. The van der Waals surface area contributed by atoms with Crippen molar-refractivity contribution in [2.45, 2.75) is 33.1 Å². The van der Waals surface area contributed by atoms with Crippen LogP contribution in [-0.2, 0) is 17.6 Å².